The van der Waals surface area contributed by atoms with E-state index < -0.39 is 0 Å². The molecule has 0 unspecified atom stereocenters. The molecule has 1 atom stereocenters. The molecular formula is C20H27N9O. The molecule has 0 amide bonds. The van der Waals surface area contributed by atoms with Crippen LogP contribution in [0.5, 0.6) is 0 Å². The van der Waals surface area contributed by atoms with Crippen LogP contribution in [0.2, 0.25) is 0 Å². The molecule has 0 spiro atoms. The van der Waals surface area contributed by atoms with E-state index in [1.54, 1.807) is 16.7 Å². The maximum absolute atomic E-state index is 12.3. The number of aromatic nitrogens is 5. The monoisotopic (exact) mass is 409 g/mol. The lowest BCUT2D eigenvalue weighted by molar-refractivity contribution is 0.0940. The molecule has 1 fully saturated rings. The van der Waals surface area contributed by atoms with Crippen molar-refractivity contribution >= 4 is 17.5 Å². The fraction of sp³-hybridized carbons (Fsp3) is 0.450. The van der Waals surface area contributed by atoms with Gasteiger partial charge in [0.15, 0.2) is 5.82 Å². The maximum Gasteiger partial charge on any atom is 0.258 e. The van der Waals surface area contributed by atoms with Gasteiger partial charge >= 0.3 is 0 Å². The average molecular weight is 409 g/mol. The Morgan fingerprint density at radius 3 is 2.60 bits per heavy atom. The number of nitrogen functional groups attached to an aromatic ring is 1. The molecule has 0 bridgehead atoms. The summed E-state index contributed by atoms with van der Waals surface area (Å²) >= 11 is 0. The summed E-state index contributed by atoms with van der Waals surface area (Å²) in [5, 5.41) is 0. The second-order valence-electron chi connectivity index (χ2n) is 7.75. The number of anilines is 2. The van der Waals surface area contributed by atoms with E-state index in [4.69, 9.17) is 5.73 Å². The van der Waals surface area contributed by atoms with Crippen LogP contribution >= 0.6 is 0 Å². The molecular weight excluding hydrogens is 382 g/mol. The van der Waals surface area contributed by atoms with Gasteiger partial charge < -0.3 is 10.6 Å². The number of nitrogens with two attached hydrogens (primary N) is 1. The number of hydrogen-bond donors (Lipinski definition) is 1. The third-order valence-corrected chi connectivity index (χ3v) is 5.40. The van der Waals surface area contributed by atoms with Crippen molar-refractivity contribution in [3.05, 3.63) is 52.3 Å². The fourth-order valence-corrected chi connectivity index (χ4v) is 3.67. The first kappa shape index (κ1) is 20.2. The predicted molar refractivity (Wildman–Crippen MR) is 115 cm³/mol. The van der Waals surface area contributed by atoms with Gasteiger partial charge in [0.1, 0.15) is 5.65 Å². The Hall–Kier alpha value is -3.11. The highest BCUT2D eigenvalue weighted by Gasteiger charge is 2.25. The Balaban J connectivity index is 1.41. The van der Waals surface area contributed by atoms with Gasteiger partial charge in [0.05, 0.1) is 11.7 Å². The lowest BCUT2D eigenvalue weighted by Gasteiger charge is -2.37. The molecule has 1 saturated heterocycles. The molecule has 158 valence electrons. The lowest BCUT2D eigenvalue weighted by Crippen LogP contribution is -2.47. The van der Waals surface area contributed by atoms with E-state index in [-0.39, 0.29) is 17.5 Å². The van der Waals surface area contributed by atoms with Crippen molar-refractivity contribution in [2.75, 3.05) is 50.9 Å². The standard InChI is InChI=1S/C20H27N9O/c1-14(18-23-19(21)25-20(24-18)26(2)3)28-10-8-27(9-11-28)13-15-12-17(30)29-7-5-4-6-16(29)22-15/h4-7,12,14H,8-11,13H2,1-3H3,(H2,21,23,24,25)/t14-/m1/s1. The van der Waals surface area contributed by atoms with Crippen LogP contribution in [0, 0.1) is 0 Å². The maximum atomic E-state index is 12.3. The molecule has 30 heavy (non-hydrogen) atoms. The van der Waals surface area contributed by atoms with Gasteiger partial charge in [-0.25, -0.2) is 4.98 Å². The molecule has 4 heterocycles. The molecule has 0 aromatic carbocycles. The smallest absolute Gasteiger partial charge is 0.258 e. The highest BCUT2D eigenvalue weighted by Crippen LogP contribution is 2.21. The third kappa shape index (κ3) is 4.24. The Kier molecular flexibility index (Phi) is 5.60. The first-order valence-electron chi connectivity index (χ1n) is 10.0. The van der Waals surface area contributed by atoms with Crippen LogP contribution in [0.25, 0.3) is 5.65 Å². The van der Waals surface area contributed by atoms with Crippen molar-refractivity contribution in [2.45, 2.75) is 19.5 Å². The van der Waals surface area contributed by atoms with E-state index in [1.807, 2.05) is 37.2 Å². The summed E-state index contributed by atoms with van der Waals surface area (Å²) in [5.74, 6) is 1.49. The first-order valence-corrected chi connectivity index (χ1v) is 10.0. The molecule has 10 nitrogen and oxygen atoms in total. The Morgan fingerprint density at radius 2 is 1.87 bits per heavy atom. The van der Waals surface area contributed by atoms with E-state index in [2.05, 4.69) is 36.7 Å². The molecule has 1 aliphatic heterocycles. The summed E-state index contributed by atoms with van der Waals surface area (Å²) in [6.45, 7) is 6.25. The van der Waals surface area contributed by atoms with E-state index in [1.165, 1.54) is 0 Å². The van der Waals surface area contributed by atoms with Crippen molar-refractivity contribution in [3.8, 4) is 0 Å². The highest BCUT2D eigenvalue weighted by atomic mass is 16.1. The van der Waals surface area contributed by atoms with Gasteiger partial charge in [0.25, 0.3) is 5.56 Å². The minimum atomic E-state index is -0.0491. The van der Waals surface area contributed by atoms with Crippen LogP contribution < -0.4 is 16.2 Å². The molecule has 3 aromatic heterocycles. The van der Waals surface area contributed by atoms with Crippen molar-refractivity contribution in [2.24, 2.45) is 0 Å². The quantitative estimate of drug-likeness (QED) is 0.641. The fourth-order valence-electron chi connectivity index (χ4n) is 3.67. The number of piperazine rings is 1. The van der Waals surface area contributed by atoms with Crippen molar-refractivity contribution in [1.82, 2.24) is 34.1 Å². The largest absolute Gasteiger partial charge is 0.368 e. The van der Waals surface area contributed by atoms with Gasteiger partial charge in [0, 0.05) is 59.1 Å². The number of rotatable bonds is 5. The van der Waals surface area contributed by atoms with Crippen LogP contribution in [0.4, 0.5) is 11.9 Å². The summed E-state index contributed by atoms with van der Waals surface area (Å²) in [6.07, 6.45) is 1.74. The van der Waals surface area contributed by atoms with Crippen LogP contribution in [-0.2, 0) is 6.54 Å². The zero-order chi connectivity index (χ0) is 21.3. The van der Waals surface area contributed by atoms with E-state index >= 15 is 0 Å². The molecule has 4 rings (SSSR count). The summed E-state index contributed by atoms with van der Waals surface area (Å²) in [7, 11) is 3.77. The molecule has 1 aliphatic rings. The van der Waals surface area contributed by atoms with Gasteiger partial charge in [-0.15, -0.1) is 0 Å². The van der Waals surface area contributed by atoms with Gasteiger partial charge in [-0.05, 0) is 19.1 Å². The molecule has 10 heteroatoms. The molecule has 3 aromatic rings. The zero-order valence-electron chi connectivity index (χ0n) is 17.6. The topological polar surface area (TPSA) is 109 Å². The van der Waals surface area contributed by atoms with Gasteiger partial charge in [0.2, 0.25) is 11.9 Å². The van der Waals surface area contributed by atoms with Crippen LogP contribution in [0.1, 0.15) is 24.5 Å². The predicted octanol–water partition coefficient (Wildman–Crippen LogP) is 0.407. The van der Waals surface area contributed by atoms with Crippen molar-refractivity contribution < 1.29 is 0 Å². The summed E-state index contributed by atoms with van der Waals surface area (Å²) < 4.78 is 1.56. The SMILES string of the molecule is C[C@H](c1nc(N)nc(N(C)C)n1)N1CCN(Cc2cc(=O)n3ccccc3n2)CC1. The summed E-state index contributed by atoms with van der Waals surface area (Å²) in [4.78, 5) is 36.5. The minimum Gasteiger partial charge on any atom is -0.368 e. The average Bonchev–Trinajstić information content (AvgIpc) is 2.73. The molecule has 2 N–H and O–H groups in total. The Labute approximate surface area is 175 Å². The van der Waals surface area contributed by atoms with E-state index in [9.17, 15) is 4.79 Å². The van der Waals surface area contributed by atoms with Crippen LogP contribution in [-0.4, -0.2) is 74.4 Å². The molecule has 0 radical (unpaired) electrons. The van der Waals surface area contributed by atoms with E-state index in [0.29, 0.717) is 24.0 Å². The number of nitrogens with zero attached hydrogens (tertiary/aromatic N) is 8. The summed E-state index contributed by atoms with van der Waals surface area (Å²) in [6, 6.07) is 7.24. The molecule has 0 aliphatic carbocycles. The highest BCUT2D eigenvalue weighted by molar-refractivity contribution is 5.38. The normalized spacial score (nSPS) is 16.6. The van der Waals surface area contributed by atoms with Crippen LogP contribution in [0.15, 0.2) is 35.3 Å². The number of fused-ring (bicyclic) bond motifs is 1. The lowest BCUT2D eigenvalue weighted by atomic mass is 10.2. The second-order valence-corrected chi connectivity index (χ2v) is 7.75. The van der Waals surface area contributed by atoms with Gasteiger partial charge in [-0.2, -0.15) is 15.0 Å². The summed E-state index contributed by atoms with van der Waals surface area (Å²) in [5.41, 5.74) is 7.30. The second kappa shape index (κ2) is 8.33. The van der Waals surface area contributed by atoms with Gasteiger partial charge in [-0.3, -0.25) is 19.0 Å². The number of hydrogen-bond acceptors (Lipinski definition) is 9. The van der Waals surface area contributed by atoms with Crippen molar-refractivity contribution in [3.63, 3.8) is 0 Å². The Bertz CT molecular complexity index is 1090. The third-order valence-electron chi connectivity index (χ3n) is 5.40. The van der Waals surface area contributed by atoms with Gasteiger partial charge in [-0.1, -0.05) is 6.07 Å². The van der Waals surface area contributed by atoms with Crippen molar-refractivity contribution in [1.29, 1.82) is 0 Å². The number of pyridine rings is 1. The van der Waals surface area contributed by atoms with E-state index in [0.717, 1.165) is 31.9 Å². The first-order chi connectivity index (χ1) is 14.4. The Morgan fingerprint density at radius 1 is 1.10 bits per heavy atom. The molecule has 0 saturated carbocycles. The van der Waals surface area contributed by atoms with Crippen LogP contribution in [0.3, 0.4) is 0 Å². The zero-order valence-corrected chi connectivity index (χ0v) is 17.6. The minimum absolute atomic E-state index is 0.0413.